The second kappa shape index (κ2) is 10.2. The highest BCUT2D eigenvalue weighted by atomic mass is 16.5. The maximum Gasteiger partial charge on any atom is 0.319 e. The van der Waals surface area contributed by atoms with Crippen molar-refractivity contribution in [3.63, 3.8) is 0 Å². The molecule has 200 valence electrons. The number of nitrogens with zero attached hydrogens (tertiary/aromatic N) is 7. The van der Waals surface area contributed by atoms with Gasteiger partial charge in [0.05, 0.1) is 11.9 Å². The van der Waals surface area contributed by atoms with Crippen LogP contribution in [-0.2, 0) is 4.79 Å². The Kier molecular flexibility index (Phi) is 6.53. The topological polar surface area (TPSA) is 114 Å². The van der Waals surface area contributed by atoms with Crippen molar-refractivity contribution in [2.24, 2.45) is 5.41 Å². The Hall–Kier alpha value is -4.23. The fourth-order valence-electron chi connectivity index (χ4n) is 6.14. The highest BCUT2D eigenvalue weighted by Crippen LogP contribution is 2.43. The largest absolute Gasteiger partial charge is 0.462 e. The van der Waals surface area contributed by atoms with Crippen molar-refractivity contribution in [2.45, 2.75) is 25.3 Å². The number of rotatable bonds is 7. The second-order valence-electron chi connectivity index (χ2n) is 10.9. The van der Waals surface area contributed by atoms with Crippen LogP contribution in [0.3, 0.4) is 0 Å². The number of aromatic nitrogens is 4. The molecule has 3 fully saturated rings. The quantitative estimate of drug-likeness (QED) is 0.469. The number of hydrogen-bond acceptors (Lipinski definition) is 8. The Balaban J connectivity index is 1.38. The van der Waals surface area contributed by atoms with Gasteiger partial charge in [0.1, 0.15) is 18.2 Å². The molecule has 0 radical (unpaired) electrons. The molecule has 10 heteroatoms. The third-order valence-electron chi connectivity index (χ3n) is 8.33. The summed E-state index contributed by atoms with van der Waals surface area (Å²) in [6, 6.07) is 10.9. The first-order valence-corrected chi connectivity index (χ1v) is 13.4. The van der Waals surface area contributed by atoms with Gasteiger partial charge in [0.25, 0.3) is 0 Å². The van der Waals surface area contributed by atoms with E-state index >= 15 is 0 Å². The first-order chi connectivity index (χ1) is 19.0. The predicted octanol–water partition coefficient (Wildman–Crippen LogP) is 3.10. The van der Waals surface area contributed by atoms with Gasteiger partial charge >= 0.3 is 6.01 Å². The maximum atomic E-state index is 12.1. The molecule has 3 aliphatic rings. The number of likely N-dealkylation sites (tertiary alicyclic amines) is 2. The Morgan fingerprint density at radius 3 is 2.77 bits per heavy atom. The molecule has 0 bridgehead atoms. The van der Waals surface area contributed by atoms with Gasteiger partial charge in [-0.15, -0.1) is 0 Å². The molecule has 0 unspecified atom stereocenters. The van der Waals surface area contributed by atoms with Gasteiger partial charge in [-0.05, 0) is 44.5 Å². The third-order valence-corrected chi connectivity index (χ3v) is 8.33. The second-order valence-corrected chi connectivity index (χ2v) is 10.9. The monoisotopic (exact) mass is 524 g/mol. The van der Waals surface area contributed by atoms with E-state index in [1.807, 2.05) is 35.4 Å². The van der Waals surface area contributed by atoms with Crippen LogP contribution in [0.5, 0.6) is 6.01 Å². The molecule has 1 aromatic carbocycles. The zero-order valence-corrected chi connectivity index (χ0v) is 22.1. The lowest BCUT2D eigenvalue weighted by Gasteiger charge is -2.47. The van der Waals surface area contributed by atoms with Crippen LogP contribution in [0.15, 0.2) is 49.3 Å². The maximum absolute atomic E-state index is 12.1. The van der Waals surface area contributed by atoms with Gasteiger partial charge in [0.15, 0.2) is 5.82 Å². The summed E-state index contributed by atoms with van der Waals surface area (Å²) < 4.78 is 6.23. The van der Waals surface area contributed by atoms with Crippen LogP contribution < -0.4 is 9.64 Å². The first-order valence-electron chi connectivity index (χ1n) is 13.4. The molecule has 3 aromatic rings. The number of benzene rings is 1. The molecule has 1 N–H and O–H groups in total. The van der Waals surface area contributed by atoms with E-state index in [0.717, 1.165) is 49.0 Å². The van der Waals surface area contributed by atoms with Crippen LogP contribution in [0, 0.1) is 16.7 Å². The highest BCUT2D eigenvalue weighted by molar-refractivity contribution is 5.88. The average molecular weight is 525 g/mol. The Morgan fingerprint density at radius 2 is 2.08 bits per heavy atom. The van der Waals surface area contributed by atoms with Gasteiger partial charge in [0, 0.05) is 55.0 Å². The smallest absolute Gasteiger partial charge is 0.319 e. The van der Waals surface area contributed by atoms with Gasteiger partial charge in [-0.1, -0.05) is 30.8 Å². The Bertz CT molecular complexity index is 1420. The van der Waals surface area contributed by atoms with Crippen molar-refractivity contribution in [1.29, 1.82) is 5.26 Å². The zero-order valence-electron chi connectivity index (χ0n) is 22.1. The van der Waals surface area contributed by atoms with E-state index in [9.17, 15) is 10.1 Å². The number of aromatic amines is 1. The normalized spacial score (nSPS) is 20.2. The minimum Gasteiger partial charge on any atom is -0.462 e. The SMILES string of the molecule is C=CC(=O)N1CC2(CCN(c3nc(OC[C@@H]4CCCN4C)nc(-c4ccccc4-c4cn[nH]c4)c3C#N)C2)C1. The molecule has 2 aromatic heterocycles. The number of ether oxygens (including phenoxy) is 1. The zero-order chi connectivity index (χ0) is 27.0. The van der Waals surface area contributed by atoms with Crippen molar-refractivity contribution in [3.8, 4) is 34.5 Å². The number of amides is 1. The molecule has 39 heavy (non-hydrogen) atoms. The number of H-pyrrole nitrogens is 1. The molecule has 3 saturated heterocycles. The van der Waals surface area contributed by atoms with Crippen LogP contribution in [0.1, 0.15) is 24.8 Å². The lowest BCUT2D eigenvalue weighted by Crippen LogP contribution is -2.59. The van der Waals surface area contributed by atoms with Crippen molar-refractivity contribution in [2.75, 3.05) is 51.3 Å². The van der Waals surface area contributed by atoms with Gasteiger partial charge in [-0.2, -0.15) is 20.3 Å². The number of carbonyl (C=O) groups is 1. The first kappa shape index (κ1) is 25.1. The Labute approximate surface area is 227 Å². The molecule has 0 aliphatic carbocycles. The van der Waals surface area contributed by atoms with E-state index in [4.69, 9.17) is 14.7 Å². The fraction of sp³-hybridized carbons (Fsp3) is 0.414. The molecule has 1 spiro atoms. The number of likely N-dealkylation sites (N-methyl/N-ethyl adjacent to an activating group) is 1. The van der Waals surface area contributed by atoms with Gasteiger partial charge in [0.2, 0.25) is 5.91 Å². The van der Waals surface area contributed by atoms with Crippen molar-refractivity contribution < 1.29 is 9.53 Å². The molecule has 6 rings (SSSR count). The molecular formula is C29H32N8O2. The average Bonchev–Trinajstić information content (AvgIpc) is 3.71. The van der Waals surface area contributed by atoms with Crippen LogP contribution in [0.4, 0.5) is 5.82 Å². The molecule has 10 nitrogen and oxygen atoms in total. The summed E-state index contributed by atoms with van der Waals surface area (Å²) in [5.41, 5.74) is 3.62. The molecule has 0 saturated carbocycles. The van der Waals surface area contributed by atoms with Gasteiger partial charge < -0.3 is 19.4 Å². The lowest BCUT2D eigenvalue weighted by molar-refractivity contribution is -0.136. The van der Waals surface area contributed by atoms with Crippen LogP contribution in [0.2, 0.25) is 0 Å². The summed E-state index contributed by atoms with van der Waals surface area (Å²) in [6.07, 6.45) is 8.10. The summed E-state index contributed by atoms with van der Waals surface area (Å²) in [5, 5.41) is 17.4. The predicted molar refractivity (Wildman–Crippen MR) is 147 cm³/mol. The fourth-order valence-corrected chi connectivity index (χ4v) is 6.14. The Morgan fingerprint density at radius 1 is 1.26 bits per heavy atom. The molecule has 5 heterocycles. The third kappa shape index (κ3) is 4.63. The standard InChI is InChI=1S/C29H32N8O2/c1-3-25(38)37-18-29(19-37)10-12-36(17-29)27-24(13-30)26(23-9-5-4-8-22(23)20-14-31-32-15-20)33-28(34-27)39-16-21-7-6-11-35(21)2/h3-5,8-9,14-15,21H,1,6-7,10-12,16-19H2,2H3,(H,31,32)/t21-/m0/s1. The van der Waals surface area contributed by atoms with E-state index in [2.05, 4.69) is 39.7 Å². The minimum atomic E-state index is -0.0375. The molecule has 1 amide bonds. The minimum absolute atomic E-state index is 0.00120. The number of nitriles is 1. The van der Waals surface area contributed by atoms with Crippen LogP contribution in [-0.4, -0.2) is 88.3 Å². The lowest BCUT2D eigenvalue weighted by atomic mass is 9.79. The van der Waals surface area contributed by atoms with Crippen molar-refractivity contribution in [1.82, 2.24) is 30.0 Å². The summed E-state index contributed by atoms with van der Waals surface area (Å²) in [6.45, 7) is 8.00. The highest BCUT2D eigenvalue weighted by Gasteiger charge is 2.49. The molecular weight excluding hydrogens is 492 g/mol. The van der Waals surface area contributed by atoms with Crippen LogP contribution in [0.25, 0.3) is 22.4 Å². The van der Waals surface area contributed by atoms with E-state index in [0.29, 0.717) is 49.4 Å². The van der Waals surface area contributed by atoms with Crippen LogP contribution >= 0.6 is 0 Å². The van der Waals surface area contributed by atoms with E-state index in [1.165, 1.54) is 6.08 Å². The number of carbonyl (C=O) groups excluding carboxylic acids is 1. The summed E-state index contributed by atoms with van der Waals surface area (Å²) in [4.78, 5) is 28.0. The van der Waals surface area contributed by atoms with E-state index in [-0.39, 0.29) is 17.3 Å². The number of anilines is 1. The summed E-state index contributed by atoms with van der Waals surface area (Å²) in [5.74, 6) is 0.550. The summed E-state index contributed by atoms with van der Waals surface area (Å²) in [7, 11) is 2.11. The molecule has 3 aliphatic heterocycles. The van der Waals surface area contributed by atoms with Gasteiger partial charge in [-0.25, -0.2) is 0 Å². The van der Waals surface area contributed by atoms with Gasteiger partial charge in [-0.3, -0.25) is 9.89 Å². The molecule has 1 atom stereocenters. The number of nitrogens with one attached hydrogen (secondary N) is 1. The summed E-state index contributed by atoms with van der Waals surface area (Å²) >= 11 is 0. The van der Waals surface area contributed by atoms with E-state index < -0.39 is 0 Å². The van der Waals surface area contributed by atoms with Crippen molar-refractivity contribution >= 4 is 11.7 Å². The number of hydrogen-bond donors (Lipinski definition) is 1. The van der Waals surface area contributed by atoms with Crippen molar-refractivity contribution in [3.05, 3.63) is 54.9 Å². The van der Waals surface area contributed by atoms with E-state index in [1.54, 1.807) is 6.20 Å².